The second-order valence-electron chi connectivity index (χ2n) is 4.65. The molecule has 5 heteroatoms. The summed E-state index contributed by atoms with van der Waals surface area (Å²) in [6, 6.07) is 9.82. The summed E-state index contributed by atoms with van der Waals surface area (Å²) in [4.78, 5) is 0. The van der Waals surface area contributed by atoms with Gasteiger partial charge in [0, 0.05) is 12.1 Å². The first-order valence-corrected chi connectivity index (χ1v) is 7.15. The third kappa shape index (κ3) is 5.30. The Morgan fingerprint density at radius 1 is 1.18 bits per heavy atom. The SMILES string of the molecule is CCNS(=O)(=O)NC(C)(C)Cc1ccccc1. The van der Waals surface area contributed by atoms with Crippen molar-refractivity contribution in [2.75, 3.05) is 6.54 Å². The van der Waals surface area contributed by atoms with Gasteiger partial charge < -0.3 is 0 Å². The van der Waals surface area contributed by atoms with Gasteiger partial charge >= 0.3 is 0 Å². The van der Waals surface area contributed by atoms with Crippen LogP contribution in [0.3, 0.4) is 0 Å². The van der Waals surface area contributed by atoms with Gasteiger partial charge in [0.05, 0.1) is 0 Å². The summed E-state index contributed by atoms with van der Waals surface area (Å²) < 4.78 is 28.3. The third-order valence-electron chi connectivity index (χ3n) is 2.23. The Hall–Kier alpha value is -0.910. The minimum absolute atomic E-state index is 0.386. The summed E-state index contributed by atoms with van der Waals surface area (Å²) in [5, 5.41) is 0. The fourth-order valence-corrected chi connectivity index (χ4v) is 2.98. The maximum atomic E-state index is 11.6. The van der Waals surface area contributed by atoms with Crippen LogP contribution < -0.4 is 9.44 Å². The van der Waals surface area contributed by atoms with Crippen LogP contribution >= 0.6 is 0 Å². The highest BCUT2D eigenvalue weighted by Crippen LogP contribution is 2.13. The lowest BCUT2D eigenvalue weighted by Crippen LogP contribution is -2.49. The zero-order valence-corrected chi connectivity index (χ0v) is 11.3. The highest BCUT2D eigenvalue weighted by molar-refractivity contribution is 7.87. The van der Waals surface area contributed by atoms with Crippen molar-refractivity contribution in [3.8, 4) is 0 Å². The molecule has 0 radical (unpaired) electrons. The first kappa shape index (κ1) is 14.2. The van der Waals surface area contributed by atoms with Crippen LogP contribution in [-0.4, -0.2) is 20.5 Å². The molecule has 17 heavy (non-hydrogen) atoms. The number of hydrogen-bond donors (Lipinski definition) is 2. The van der Waals surface area contributed by atoms with E-state index in [0.29, 0.717) is 13.0 Å². The fraction of sp³-hybridized carbons (Fsp3) is 0.500. The molecule has 0 aliphatic heterocycles. The van der Waals surface area contributed by atoms with Crippen molar-refractivity contribution in [2.24, 2.45) is 0 Å². The maximum absolute atomic E-state index is 11.6. The van der Waals surface area contributed by atoms with Gasteiger partial charge in [0.15, 0.2) is 0 Å². The Bertz CT molecular complexity index is 441. The van der Waals surface area contributed by atoms with E-state index in [9.17, 15) is 8.42 Å². The largest absolute Gasteiger partial charge is 0.277 e. The molecule has 0 bridgehead atoms. The molecule has 0 aliphatic carbocycles. The molecule has 0 aliphatic rings. The van der Waals surface area contributed by atoms with E-state index in [0.717, 1.165) is 5.56 Å². The molecule has 2 N–H and O–H groups in total. The van der Waals surface area contributed by atoms with Crippen LogP contribution in [0.4, 0.5) is 0 Å². The van der Waals surface area contributed by atoms with Crippen molar-refractivity contribution < 1.29 is 8.42 Å². The smallest absolute Gasteiger partial charge is 0.203 e. The van der Waals surface area contributed by atoms with Crippen LogP contribution in [-0.2, 0) is 16.6 Å². The van der Waals surface area contributed by atoms with E-state index in [4.69, 9.17) is 0 Å². The topological polar surface area (TPSA) is 58.2 Å². The summed E-state index contributed by atoms with van der Waals surface area (Å²) in [5.41, 5.74) is 0.597. The molecule has 4 nitrogen and oxygen atoms in total. The lowest BCUT2D eigenvalue weighted by atomic mass is 9.96. The quantitative estimate of drug-likeness (QED) is 0.809. The Balaban J connectivity index is 2.70. The highest BCUT2D eigenvalue weighted by Gasteiger charge is 2.24. The summed E-state index contributed by atoms with van der Waals surface area (Å²) >= 11 is 0. The van der Waals surface area contributed by atoms with Gasteiger partial charge in [0.1, 0.15) is 0 Å². The third-order valence-corrected chi connectivity index (χ3v) is 3.72. The summed E-state index contributed by atoms with van der Waals surface area (Å²) in [5.74, 6) is 0. The lowest BCUT2D eigenvalue weighted by Gasteiger charge is -2.26. The van der Waals surface area contributed by atoms with Gasteiger partial charge in [-0.25, -0.2) is 4.72 Å². The number of nitrogens with one attached hydrogen (secondary N) is 2. The van der Waals surface area contributed by atoms with E-state index >= 15 is 0 Å². The molecule has 0 saturated carbocycles. The predicted octanol–water partition coefficient (Wildman–Crippen LogP) is 1.45. The monoisotopic (exact) mass is 256 g/mol. The van der Waals surface area contributed by atoms with Crippen LogP contribution in [0.25, 0.3) is 0 Å². The molecular weight excluding hydrogens is 236 g/mol. The van der Waals surface area contributed by atoms with Crippen LogP contribution in [0, 0.1) is 0 Å². The normalized spacial score (nSPS) is 12.6. The van der Waals surface area contributed by atoms with E-state index < -0.39 is 15.7 Å². The van der Waals surface area contributed by atoms with Gasteiger partial charge in [-0.05, 0) is 25.8 Å². The molecule has 0 spiro atoms. The van der Waals surface area contributed by atoms with Gasteiger partial charge in [-0.15, -0.1) is 0 Å². The Morgan fingerprint density at radius 3 is 2.29 bits per heavy atom. The molecule has 1 aromatic rings. The maximum Gasteiger partial charge on any atom is 0.277 e. The van der Waals surface area contributed by atoms with Gasteiger partial charge in [-0.1, -0.05) is 37.3 Å². The minimum Gasteiger partial charge on any atom is -0.203 e. The van der Waals surface area contributed by atoms with Crippen molar-refractivity contribution in [1.82, 2.24) is 9.44 Å². The first-order chi connectivity index (χ1) is 7.85. The molecule has 0 heterocycles. The molecule has 0 aromatic heterocycles. The van der Waals surface area contributed by atoms with E-state index in [1.807, 2.05) is 44.2 Å². The van der Waals surface area contributed by atoms with Crippen molar-refractivity contribution >= 4 is 10.2 Å². The van der Waals surface area contributed by atoms with E-state index in [-0.39, 0.29) is 0 Å². The lowest BCUT2D eigenvalue weighted by molar-refractivity contribution is 0.446. The summed E-state index contributed by atoms with van der Waals surface area (Å²) in [7, 11) is -3.41. The zero-order chi connectivity index (χ0) is 12.9. The average molecular weight is 256 g/mol. The van der Waals surface area contributed by atoms with Crippen LogP contribution in [0.15, 0.2) is 30.3 Å². The van der Waals surface area contributed by atoms with Gasteiger partial charge in [-0.2, -0.15) is 13.1 Å². The number of hydrogen-bond acceptors (Lipinski definition) is 2. The van der Waals surface area contributed by atoms with Crippen LogP contribution in [0.5, 0.6) is 0 Å². The molecule has 0 fully saturated rings. The Morgan fingerprint density at radius 2 is 1.76 bits per heavy atom. The van der Waals surface area contributed by atoms with Gasteiger partial charge in [-0.3, -0.25) is 0 Å². The molecule has 0 unspecified atom stereocenters. The average Bonchev–Trinajstić information content (AvgIpc) is 2.15. The van der Waals surface area contributed by atoms with Crippen molar-refractivity contribution in [2.45, 2.75) is 32.7 Å². The summed E-state index contributed by atoms with van der Waals surface area (Å²) in [6.45, 7) is 5.88. The molecule has 0 atom stereocenters. The second-order valence-corrected chi connectivity index (χ2v) is 6.15. The molecule has 0 amide bonds. The van der Waals surface area contributed by atoms with Gasteiger partial charge in [0.2, 0.25) is 0 Å². The van der Waals surface area contributed by atoms with E-state index in [2.05, 4.69) is 9.44 Å². The Kier molecular flexibility index (Phi) is 4.68. The molecule has 96 valence electrons. The minimum atomic E-state index is -3.41. The van der Waals surface area contributed by atoms with Crippen molar-refractivity contribution in [3.63, 3.8) is 0 Å². The number of rotatable bonds is 6. The van der Waals surface area contributed by atoms with Crippen LogP contribution in [0.2, 0.25) is 0 Å². The molecule has 1 rings (SSSR count). The van der Waals surface area contributed by atoms with Crippen molar-refractivity contribution in [1.29, 1.82) is 0 Å². The first-order valence-electron chi connectivity index (χ1n) is 5.67. The summed E-state index contributed by atoms with van der Waals surface area (Å²) in [6.07, 6.45) is 0.651. The molecule has 0 saturated heterocycles. The van der Waals surface area contributed by atoms with Gasteiger partial charge in [0.25, 0.3) is 10.2 Å². The second kappa shape index (κ2) is 5.62. The standard InChI is InChI=1S/C12H20N2O2S/c1-4-13-17(15,16)14-12(2,3)10-11-8-6-5-7-9-11/h5-9,13-14H,4,10H2,1-3H3. The fourth-order valence-electron chi connectivity index (χ4n) is 1.73. The van der Waals surface area contributed by atoms with Crippen LogP contribution in [0.1, 0.15) is 26.3 Å². The van der Waals surface area contributed by atoms with E-state index in [1.165, 1.54) is 0 Å². The predicted molar refractivity (Wildman–Crippen MR) is 70.0 cm³/mol. The van der Waals surface area contributed by atoms with E-state index in [1.54, 1.807) is 6.92 Å². The Labute approximate surface area is 104 Å². The molecular formula is C12H20N2O2S. The number of benzene rings is 1. The zero-order valence-electron chi connectivity index (χ0n) is 10.5. The van der Waals surface area contributed by atoms with Crippen molar-refractivity contribution in [3.05, 3.63) is 35.9 Å². The highest BCUT2D eigenvalue weighted by atomic mass is 32.2. The molecule has 1 aromatic carbocycles.